The molecule has 0 bridgehead atoms. The summed E-state index contributed by atoms with van der Waals surface area (Å²) in [6.45, 7) is 3.00. The summed E-state index contributed by atoms with van der Waals surface area (Å²) >= 11 is 5.19. The van der Waals surface area contributed by atoms with Gasteiger partial charge in [-0.1, -0.05) is 41.1 Å². The van der Waals surface area contributed by atoms with Crippen molar-refractivity contribution in [2.24, 2.45) is 0 Å². The van der Waals surface area contributed by atoms with Gasteiger partial charge in [-0.25, -0.2) is 4.39 Å². The molecular weight excluding hydrogens is 349 g/mol. The maximum atomic E-state index is 13.2. The third-order valence-corrected chi connectivity index (χ3v) is 4.89. The molecule has 0 saturated carbocycles. The fourth-order valence-corrected chi connectivity index (χ4v) is 3.22. The van der Waals surface area contributed by atoms with Crippen molar-refractivity contribution in [2.45, 2.75) is 24.3 Å². The molecule has 112 valence electrons. The molecule has 1 atom stereocenters. The van der Waals surface area contributed by atoms with Crippen LogP contribution in [0.25, 0.3) is 0 Å². The van der Waals surface area contributed by atoms with Crippen LogP contribution in [-0.4, -0.2) is 12.8 Å². The van der Waals surface area contributed by atoms with E-state index in [0.717, 1.165) is 23.0 Å². The summed E-state index contributed by atoms with van der Waals surface area (Å²) in [6, 6.07) is 13.7. The third kappa shape index (κ3) is 4.56. The van der Waals surface area contributed by atoms with Gasteiger partial charge in [0.1, 0.15) is 5.82 Å². The lowest BCUT2D eigenvalue weighted by molar-refractivity contribution is 0.547. The quantitative estimate of drug-likeness (QED) is 0.703. The average molecular weight is 368 g/mol. The van der Waals surface area contributed by atoms with E-state index in [4.69, 9.17) is 0 Å². The number of halogens is 2. The first-order chi connectivity index (χ1) is 10.1. The van der Waals surface area contributed by atoms with Crippen molar-refractivity contribution in [1.29, 1.82) is 0 Å². The zero-order valence-electron chi connectivity index (χ0n) is 12.2. The maximum absolute atomic E-state index is 13.2. The molecule has 2 aromatic rings. The Labute approximate surface area is 138 Å². The van der Waals surface area contributed by atoms with Crippen LogP contribution in [0.2, 0.25) is 0 Å². The molecule has 0 heterocycles. The van der Waals surface area contributed by atoms with Gasteiger partial charge >= 0.3 is 0 Å². The Kier molecular flexibility index (Phi) is 6.27. The molecule has 0 aliphatic rings. The van der Waals surface area contributed by atoms with Crippen LogP contribution in [0.1, 0.15) is 24.1 Å². The van der Waals surface area contributed by atoms with Gasteiger partial charge in [0.05, 0.1) is 0 Å². The highest BCUT2D eigenvalue weighted by molar-refractivity contribution is 9.10. The molecule has 1 nitrogen and oxygen atoms in total. The molecule has 2 aromatic carbocycles. The first-order valence-corrected chi connectivity index (χ1v) is 8.97. The number of rotatable bonds is 6. The summed E-state index contributed by atoms with van der Waals surface area (Å²) in [6.07, 6.45) is 2.90. The van der Waals surface area contributed by atoms with E-state index in [1.54, 1.807) is 11.8 Å². The zero-order chi connectivity index (χ0) is 15.2. The van der Waals surface area contributed by atoms with Crippen LogP contribution in [0, 0.1) is 5.82 Å². The summed E-state index contributed by atoms with van der Waals surface area (Å²) < 4.78 is 14.0. The lowest BCUT2D eigenvalue weighted by Gasteiger charge is -2.19. The molecule has 0 spiro atoms. The van der Waals surface area contributed by atoms with Gasteiger partial charge in [0.2, 0.25) is 0 Å². The van der Waals surface area contributed by atoms with E-state index in [0.29, 0.717) is 0 Å². The lowest BCUT2D eigenvalue weighted by atomic mass is 9.99. The second-order valence-corrected chi connectivity index (χ2v) is 6.56. The van der Waals surface area contributed by atoms with E-state index in [9.17, 15) is 4.39 Å². The first-order valence-electron chi connectivity index (χ1n) is 6.95. The van der Waals surface area contributed by atoms with Crippen molar-refractivity contribution in [1.82, 2.24) is 5.32 Å². The Morgan fingerprint density at radius 3 is 2.48 bits per heavy atom. The van der Waals surface area contributed by atoms with Gasteiger partial charge in [0, 0.05) is 15.4 Å². The highest BCUT2D eigenvalue weighted by atomic mass is 79.9. The van der Waals surface area contributed by atoms with Gasteiger partial charge in [-0.2, -0.15) is 0 Å². The Balaban J connectivity index is 2.21. The maximum Gasteiger partial charge on any atom is 0.124 e. The molecule has 2 rings (SSSR count). The van der Waals surface area contributed by atoms with Crippen LogP contribution in [0.4, 0.5) is 4.39 Å². The van der Waals surface area contributed by atoms with E-state index in [1.807, 2.05) is 6.07 Å². The van der Waals surface area contributed by atoms with Gasteiger partial charge in [-0.05, 0) is 54.6 Å². The minimum absolute atomic E-state index is 0.213. The van der Waals surface area contributed by atoms with E-state index in [1.165, 1.54) is 22.6 Å². The number of thioether (sulfide) groups is 1. The molecule has 0 radical (unpaired) electrons. The molecule has 0 aromatic heterocycles. The smallest absolute Gasteiger partial charge is 0.124 e. The van der Waals surface area contributed by atoms with Gasteiger partial charge in [0.25, 0.3) is 0 Å². The molecule has 0 saturated heterocycles. The standard InChI is InChI=1S/C17H19BrFNS/c1-3-20-17(12-5-8-15(21-2)9-6-12)10-13-4-7-14(19)11-16(13)18/h4-9,11,17,20H,3,10H2,1-2H3. The zero-order valence-corrected chi connectivity index (χ0v) is 14.6. The minimum Gasteiger partial charge on any atom is -0.310 e. The number of benzene rings is 2. The van der Waals surface area contributed by atoms with Crippen molar-refractivity contribution in [3.8, 4) is 0 Å². The van der Waals surface area contributed by atoms with Gasteiger partial charge in [-0.3, -0.25) is 0 Å². The van der Waals surface area contributed by atoms with Gasteiger partial charge in [-0.15, -0.1) is 11.8 Å². The fraction of sp³-hybridized carbons (Fsp3) is 0.294. The molecule has 21 heavy (non-hydrogen) atoms. The summed E-state index contributed by atoms with van der Waals surface area (Å²) in [5.41, 5.74) is 2.36. The number of hydrogen-bond donors (Lipinski definition) is 1. The minimum atomic E-state index is -0.213. The normalized spacial score (nSPS) is 12.4. The van der Waals surface area contributed by atoms with Crippen molar-refractivity contribution >= 4 is 27.7 Å². The number of likely N-dealkylation sites (N-methyl/N-ethyl adjacent to an activating group) is 1. The molecule has 0 amide bonds. The molecule has 0 fully saturated rings. The van der Waals surface area contributed by atoms with Crippen LogP contribution in [-0.2, 0) is 6.42 Å². The topological polar surface area (TPSA) is 12.0 Å². The van der Waals surface area contributed by atoms with Gasteiger partial charge in [0.15, 0.2) is 0 Å². The van der Waals surface area contributed by atoms with Gasteiger partial charge < -0.3 is 5.32 Å². The highest BCUT2D eigenvalue weighted by Crippen LogP contribution is 2.26. The number of hydrogen-bond acceptors (Lipinski definition) is 2. The van der Waals surface area contributed by atoms with Crippen LogP contribution in [0.5, 0.6) is 0 Å². The van der Waals surface area contributed by atoms with Crippen LogP contribution in [0.3, 0.4) is 0 Å². The molecule has 0 aliphatic heterocycles. The Morgan fingerprint density at radius 1 is 1.19 bits per heavy atom. The van der Waals surface area contributed by atoms with E-state index in [-0.39, 0.29) is 11.9 Å². The predicted molar refractivity (Wildman–Crippen MR) is 92.4 cm³/mol. The van der Waals surface area contributed by atoms with Crippen LogP contribution in [0.15, 0.2) is 51.8 Å². The van der Waals surface area contributed by atoms with Crippen molar-refractivity contribution < 1.29 is 4.39 Å². The molecule has 0 aliphatic carbocycles. The fourth-order valence-electron chi connectivity index (χ4n) is 2.30. The second kappa shape index (κ2) is 7.97. The Hall–Kier alpha value is -0.840. The second-order valence-electron chi connectivity index (χ2n) is 4.82. The lowest BCUT2D eigenvalue weighted by Crippen LogP contribution is -2.23. The predicted octanol–water partition coefficient (Wildman–Crippen LogP) is 5.20. The summed E-state index contributed by atoms with van der Waals surface area (Å²) in [4.78, 5) is 1.26. The van der Waals surface area contributed by atoms with E-state index in [2.05, 4.69) is 58.7 Å². The average Bonchev–Trinajstić information content (AvgIpc) is 2.49. The third-order valence-electron chi connectivity index (χ3n) is 3.41. The summed E-state index contributed by atoms with van der Waals surface area (Å²) in [7, 11) is 0. The SMILES string of the molecule is CCNC(Cc1ccc(F)cc1Br)c1ccc(SC)cc1. The van der Waals surface area contributed by atoms with Crippen molar-refractivity contribution in [3.05, 3.63) is 63.9 Å². The van der Waals surface area contributed by atoms with Crippen molar-refractivity contribution in [2.75, 3.05) is 12.8 Å². The van der Waals surface area contributed by atoms with Crippen LogP contribution < -0.4 is 5.32 Å². The van der Waals surface area contributed by atoms with E-state index < -0.39 is 0 Å². The van der Waals surface area contributed by atoms with Crippen molar-refractivity contribution in [3.63, 3.8) is 0 Å². The molecule has 1 unspecified atom stereocenters. The highest BCUT2D eigenvalue weighted by Gasteiger charge is 2.13. The first kappa shape index (κ1) is 16.5. The number of nitrogens with one attached hydrogen (secondary N) is 1. The molecular formula is C17H19BrFNS. The Morgan fingerprint density at radius 2 is 1.90 bits per heavy atom. The summed E-state index contributed by atoms with van der Waals surface area (Å²) in [5, 5.41) is 3.51. The largest absolute Gasteiger partial charge is 0.310 e. The molecule has 4 heteroatoms. The monoisotopic (exact) mass is 367 g/mol. The van der Waals surface area contributed by atoms with Crippen LogP contribution >= 0.6 is 27.7 Å². The summed E-state index contributed by atoms with van der Waals surface area (Å²) in [5.74, 6) is -0.213. The van der Waals surface area contributed by atoms with E-state index >= 15 is 0 Å². The Bertz CT molecular complexity index is 586. The molecule has 1 N–H and O–H groups in total.